The molecule has 5 heteroatoms. The van der Waals surface area contributed by atoms with Crippen LogP contribution in [0.3, 0.4) is 0 Å². The van der Waals surface area contributed by atoms with E-state index in [4.69, 9.17) is 13.9 Å². The highest BCUT2D eigenvalue weighted by Crippen LogP contribution is 2.51. The summed E-state index contributed by atoms with van der Waals surface area (Å²) in [4.78, 5) is 4.52. The van der Waals surface area contributed by atoms with Crippen molar-refractivity contribution in [3.8, 4) is 45.3 Å². The van der Waals surface area contributed by atoms with Crippen molar-refractivity contribution < 1.29 is 13.9 Å². The molecule has 1 aromatic heterocycles. The third-order valence-electron chi connectivity index (χ3n) is 10.3. The molecule has 9 aromatic rings. The minimum Gasteiger partial charge on any atom is -0.456 e. The van der Waals surface area contributed by atoms with E-state index in [-0.39, 0.29) is 0 Å². The topological polar surface area (TPSA) is 38.1 Å². The molecule has 0 saturated carbocycles. The maximum Gasteiger partial charge on any atom is 0.151 e. The van der Waals surface area contributed by atoms with E-state index in [1.165, 1.54) is 0 Å². The molecule has 53 heavy (non-hydrogen) atoms. The van der Waals surface area contributed by atoms with Crippen LogP contribution in [-0.2, 0) is 0 Å². The molecule has 0 aliphatic carbocycles. The number of ether oxygens (including phenoxy) is 2. The van der Waals surface area contributed by atoms with E-state index in [2.05, 4.69) is 119 Å². The van der Waals surface area contributed by atoms with Gasteiger partial charge < -0.3 is 23.7 Å². The quantitative estimate of drug-likeness (QED) is 0.185. The number of para-hydroxylation sites is 8. The summed E-state index contributed by atoms with van der Waals surface area (Å²) >= 11 is 0. The van der Waals surface area contributed by atoms with E-state index in [0.29, 0.717) is 0 Å². The van der Waals surface area contributed by atoms with Crippen LogP contribution >= 0.6 is 0 Å². The molecule has 0 fully saturated rings. The molecule has 2 aliphatic heterocycles. The van der Waals surface area contributed by atoms with Gasteiger partial charge in [-0.2, -0.15) is 0 Å². The van der Waals surface area contributed by atoms with Crippen molar-refractivity contribution in [2.75, 3.05) is 9.80 Å². The zero-order valence-electron chi connectivity index (χ0n) is 28.4. The maximum absolute atomic E-state index is 6.33. The van der Waals surface area contributed by atoms with Crippen molar-refractivity contribution in [1.29, 1.82) is 0 Å². The molecule has 3 heterocycles. The SMILES string of the molecule is c1ccc2c(c1)Oc1ccccc1N2c1ccc(-c2ccc3oc4ccc(-c5ccc(N6c7ccccc7Oc7ccccc76)cc5)cc4c3c2)cc1. The Morgan fingerprint density at radius 3 is 0.981 bits per heavy atom. The van der Waals surface area contributed by atoms with Gasteiger partial charge in [0, 0.05) is 22.1 Å². The van der Waals surface area contributed by atoms with Gasteiger partial charge in [-0.1, -0.05) is 84.9 Å². The lowest BCUT2D eigenvalue weighted by Gasteiger charge is -2.32. The van der Waals surface area contributed by atoms with Gasteiger partial charge in [0.05, 0.1) is 22.7 Å². The van der Waals surface area contributed by atoms with Gasteiger partial charge in [0.1, 0.15) is 11.2 Å². The van der Waals surface area contributed by atoms with E-state index in [9.17, 15) is 0 Å². The molecule has 0 unspecified atom stereocenters. The molecule has 0 N–H and O–H groups in total. The van der Waals surface area contributed by atoms with Crippen molar-refractivity contribution >= 4 is 56.1 Å². The first-order valence-corrected chi connectivity index (χ1v) is 17.7. The number of anilines is 6. The number of fused-ring (bicyclic) bond motifs is 7. The highest BCUT2D eigenvalue weighted by atomic mass is 16.5. The van der Waals surface area contributed by atoms with Crippen LogP contribution in [0.15, 0.2) is 186 Å². The van der Waals surface area contributed by atoms with Gasteiger partial charge in [-0.05, 0) is 119 Å². The van der Waals surface area contributed by atoms with Gasteiger partial charge in [-0.25, -0.2) is 0 Å². The third-order valence-corrected chi connectivity index (χ3v) is 10.3. The molecular formula is C48H30N2O3. The minimum absolute atomic E-state index is 0.844. The molecule has 0 saturated heterocycles. The second-order valence-corrected chi connectivity index (χ2v) is 13.4. The molecule has 11 rings (SSSR count). The average molecular weight is 683 g/mol. The summed E-state index contributed by atoms with van der Waals surface area (Å²) in [5.41, 5.74) is 12.5. The van der Waals surface area contributed by atoms with E-state index >= 15 is 0 Å². The van der Waals surface area contributed by atoms with Gasteiger partial charge in [0.2, 0.25) is 0 Å². The first-order chi connectivity index (χ1) is 26.2. The second kappa shape index (κ2) is 11.7. The van der Waals surface area contributed by atoms with Crippen LogP contribution in [0, 0.1) is 0 Å². The molecule has 2 aliphatic rings. The van der Waals surface area contributed by atoms with Gasteiger partial charge in [0.15, 0.2) is 23.0 Å². The molecule has 0 bridgehead atoms. The van der Waals surface area contributed by atoms with Gasteiger partial charge in [-0.15, -0.1) is 0 Å². The van der Waals surface area contributed by atoms with Crippen LogP contribution in [0.25, 0.3) is 44.2 Å². The van der Waals surface area contributed by atoms with Crippen molar-refractivity contribution in [2.24, 2.45) is 0 Å². The van der Waals surface area contributed by atoms with Crippen molar-refractivity contribution in [3.63, 3.8) is 0 Å². The fourth-order valence-corrected chi connectivity index (χ4v) is 7.71. The van der Waals surface area contributed by atoms with Crippen LogP contribution in [0.2, 0.25) is 0 Å². The lowest BCUT2D eigenvalue weighted by Crippen LogP contribution is -2.15. The van der Waals surface area contributed by atoms with Crippen molar-refractivity contribution in [3.05, 3.63) is 182 Å². The minimum atomic E-state index is 0.844. The molecule has 0 atom stereocenters. The van der Waals surface area contributed by atoms with Gasteiger partial charge in [-0.3, -0.25) is 0 Å². The van der Waals surface area contributed by atoms with Crippen LogP contribution in [-0.4, -0.2) is 0 Å². The summed E-state index contributed by atoms with van der Waals surface area (Å²) in [5, 5.41) is 2.19. The zero-order chi connectivity index (χ0) is 34.9. The Balaban J connectivity index is 0.926. The number of furan rings is 1. The smallest absolute Gasteiger partial charge is 0.151 e. The second-order valence-electron chi connectivity index (χ2n) is 13.4. The zero-order valence-corrected chi connectivity index (χ0v) is 28.4. The molecule has 0 radical (unpaired) electrons. The number of hydrogen-bond donors (Lipinski definition) is 0. The van der Waals surface area contributed by atoms with Crippen LogP contribution in [0.4, 0.5) is 34.1 Å². The number of rotatable bonds is 4. The molecule has 8 aromatic carbocycles. The monoisotopic (exact) mass is 682 g/mol. The summed E-state index contributed by atoms with van der Waals surface area (Å²) in [6, 6.07) is 63.1. The summed E-state index contributed by atoms with van der Waals surface area (Å²) in [5.74, 6) is 3.38. The highest BCUT2D eigenvalue weighted by molar-refractivity contribution is 6.07. The summed E-state index contributed by atoms with van der Waals surface area (Å²) in [6.45, 7) is 0. The fraction of sp³-hybridized carbons (Fsp3) is 0. The Morgan fingerprint density at radius 1 is 0.302 bits per heavy atom. The standard InChI is InChI=1S/C48H30N2O3/c1-5-13-45-39(9-1)49(40-10-2-6-14-46(40)52-45)35-23-17-31(18-24-35)33-21-27-43-37(29-33)38-30-34(22-28-44(38)51-43)32-19-25-36(26-20-32)50-41-11-3-7-15-47(41)53-48-16-8-4-12-42(48)50/h1-30H. The average Bonchev–Trinajstić information content (AvgIpc) is 3.59. The van der Waals surface area contributed by atoms with Crippen molar-refractivity contribution in [2.45, 2.75) is 0 Å². The van der Waals surface area contributed by atoms with Crippen LogP contribution in [0.1, 0.15) is 0 Å². The Labute approximate surface area is 306 Å². The molecule has 0 amide bonds. The highest BCUT2D eigenvalue weighted by Gasteiger charge is 2.26. The Hall–Kier alpha value is -7.24. The van der Waals surface area contributed by atoms with Gasteiger partial charge >= 0.3 is 0 Å². The fourth-order valence-electron chi connectivity index (χ4n) is 7.71. The van der Waals surface area contributed by atoms with Crippen molar-refractivity contribution in [1.82, 2.24) is 0 Å². The first-order valence-electron chi connectivity index (χ1n) is 17.7. The molecule has 250 valence electrons. The molecule has 5 nitrogen and oxygen atoms in total. The number of benzene rings is 8. The Kier molecular flexibility index (Phi) is 6.48. The van der Waals surface area contributed by atoms with E-state index < -0.39 is 0 Å². The normalized spacial score (nSPS) is 12.8. The number of hydrogen-bond acceptors (Lipinski definition) is 5. The summed E-state index contributed by atoms with van der Waals surface area (Å²) < 4.78 is 18.8. The molecule has 0 spiro atoms. The predicted molar refractivity (Wildman–Crippen MR) is 214 cm³/mol. The predicted octanol–water partition coefficient (Wildman–Crippen LogP) is 14.1. The first kappa shape index (κ1) is 29.5. The van der Waals surface area contributed by atoms with E-state index in [0.717, 1.165) is 101 Å². The van der Waals surface area contributed by atoms with E-state index in [1.54, 1.807) is 0 Å². The third kappa shape index (κ3) is 4.79. The van der Waals surface area contributed by atoms with E-state index in [1.807, 2.05) is 72.8 Å². The Bertz CT molecular complexity index is 2570. The van der Waals surface area contributed by atoms with Crippen LogP contribution in [0.5, 0.6) is 23.0 Å². The Morgan fingerprint density at radius 2 is 0.623 bits per heavy atom. The summed E-state index contributed by atoms with van der Waals surface area (Å²) in [6.07, 6.45) is 0. The van der Waals surface area contributed by atoms with Crippen LogP contribution < -0.4 is 19.3 Å². The summed E-state index contributed by atoms with van der Waals surface area (Å²) in [7, 11) is 0. The largest absolute Gasteiger partial charge is 0.456 e. The lowest BCUT2D eigenvalue weighted by atomic mass is 9.99. The number of nitrogens with zero attached hydrogens (tertiary/aromatic N) is 2. The molecular weight excluding hydrogens is 653 g/mol. The van der Waals surface area contributed by atoms with Gasteiger partial charge in [0.25, 0.3) is 0 Å². The maximum atomic E-state index is 6.33. The lowest BCUT2D eigenvalue weighted by molar-refractivity contribution is 0.477.